The van der Waals surface area contributed by atoms with Crippen molar-refractivity contribution in [1.29, 1.82) is 0 Å². The van der Waals surface area contributed by atoms with Gasteiger partial charge in [0.05, 0.1) is 37.1 Å². The van der Waals surface area contributed by atoms with E-state index < -0.39 is 59.1 Å². The smallest absolute Gasteiger partial charge is 0.390 e. The van der Waals surface area contributed by atoms with E-state index >= 15 is 0 Å². The Morgan fingerprint density at radius 1 is 0.649 bits per heavy atom. The molecule has 0 aliphatic rings. The van der Waals surface area contributed by atoms with Gasteiger partial charge in [0.25, 0.3) is 0 Å². The highest BCUT2D eigenvalue weighted by Gasteiger charge is 2.32. The number of aryl methyl sites for hydroxylation is 6. The number of rotatable bonds is 24. The number of sulfonamides is 1. The number of tetrazole rings is 2. The third kappa shape index (κ3) is 20.1. The number of hydrogen-bond donors (Lipinski definition) is 6. The Morgan fingerprint density at radius 2 is 1.06 bits per heavy atom. The molecule has 6 N–H and O–H groups in total. The maximum Gasteiger partial charge on any atom is 0.401 e. The van der Waals surface area contributed by atoms with Crippen molar-refractivity contribution in [3.8, 4) is 22.8 Å². The topological polar surface area (TPSA) is 251 Å². The van der Waals surface area contributed by atoms with Crippen LogP contribution in [-0.2, 0) is 49.8 Å². The van der Waals surface area contributed by atoms with Gasteiger partial charge in [-0.25, -0.2) is 36.2 Å². The quantitative estimate of drug-likeness (QED) is 0.0365. The summed E-state index contributed by atoms with van der Waals surface area (Å²) in [4.78, 5) is 26.5. The number of aromatic nitrogens is 8. The van der Waals surface area contributed by atoms with Crippen LogP contribution in [0.4, 0.5) is 42.9 Å². The first-order valence-electron chi connectivity index (χ1n) is 24.9. The Kier molecular flexibility index (Phi) is 22.4. The minimum Gasteiger partial charge on any atom is -0.390 e. The molecule has 20 nitrogen and oxygen atoms in total. The van der Waals surface area contributed by atoms with Crippen LogP contribution in [-0.4, -0.2) is 150 Å². The van der Waals surface area contributed by atoms with E-state index in [9.17, 15) is 50.2 Å². The summed E-state index contributed by atoms with van der Waals surface area (Å²) in [6.07, 6.45) is -2.47. The lowest BCUT2D eigenvalue weighted by Gasteiger charge is -2.29. The molecule has 0 saturated carbocycles. The number of amides is 4. The molecule has 0 radical (unpaired) electrons. The molecule has 0 aliphatic carbocycles. The summed E-state index contributed by atoms with van der Waals surface area (Å²) < 4.78 is 94.5. The molecule has 4 amide bonds. The van der Waals surface area contributed by atoms with Crippen LogP contribution in [0.2, 0.25) is 0 Å². The highest BCUT2D eigenvalue weighted by molar-refractivity contribution is 7.88. The van der Waals surface area contributed by atoms with E-state index in [0.717, 1.165) is 45.4 Å². The minimum atomic E-state index is -4.45. The van der Waals surface area contributed by atoms with Crippen LogP contribution in [0.5, 0.6) is 0 Å². The van der Waals surface area contributed by atoms with Gasteiger partial charge in [-0.05, 0) is 163 Å². The Bertz CT molecular complexity index is 2950. The molecule has 4 aromatic carbocycles. The summed E-state index contributed by atoms with van der Waals surface area (Å²) >= 11 is 0. The molecule has 0 aliphatic heterocycles. The summed E-state index contributed by atoms with van der Waals surface area (Å²) in [5, 5.41) is 55.0. The number of halogens is 5. The Morgan fingerprint density at radius 3 is 1.44 bits per heavy atom. The van der Waals surface area contributed by atoms with Crippen LogP contribution in [0.25, 0.3) is 22.8 Å². The van der Waals surface area contributed by atoms with Crippen LogP contribution in [0.1, 0.15) is 62.8 Å². The summed E-state index contributed by atoms with van der Waals surface area (Å²) in [6.45, 7) is 5.64. The number of aliphatic hydroxyl groups is 2. The van der Waals surface area contributed by atoms with E-state index in [1.165, 1.54) is 44.9 Å². The van der Waals surface area contributed by atoms with Crippen molar-refractivity contribution >= 4 is 33.5 Å². The standard InChI is InChI=1S/C26H33F4N7O2.C25H34FN7O4S/c1-4-18-12-20(24-33-34-35-36(24)3)14-22(13-18)32-25(39)31-17(2)23(38)15-37(16-26(28,29)30)11-5-6-19-7-9-21(27)10-8-19;1-5-18-13-20(24-29-30-31-32(24)3)15-22(14-18)28-25(35)27-17(2)23(34)16-33(38(4,36)37)12-6-7-19-8-10-21(26)11-9-19/h7-10,12-14,17,23,38H,4-6,11,15-16H2,1-3H3,(H2,31,32,39);8-11,13-15,17,23,34H,5-7,12,16H2,1-4H3,(H2,27,28,35)/t2*17-,23+/m11/s1. The van der Waals surface area contributed by atoms with Crippen LogP contribution in [0, 0.1) is 11.6 Å². The van der Waals surface area contributed by atoms with Crippen molar-refractivity contribution in [2.24, 2.45) is 14.1 Å². The fourth-order valence-electron chi connectivity index (χ4n) is 8.02. The molecule has 0 unspecified atom stereocenters. The largest absolute Gasteiger partial charge is 0.401 e. The van der Waals surface area contributed by atoms with E-state index in [-0.39, 0.29) is 37.8 Å². The number of hydrogen-bond acceptors (Lipinski definition) is 13. The van der Waals surface area contributed by atoms with Crippen molar-refractivity contribution in [1.82, 2.24) is 60.3 Å². The fourth-order valence-corrected chi connectivity index (χ4v) is 8.91. The zero-order chi connectivity index (χ0) is 56.5. The summed E-state index contributed by atoms with van der Waals surface area (Å²) in [5.74, 6) is 0.350. The second-order valence-corrected chi connectivity index (χ2v) is 20.6. The van der Waals surface area contributed by atoms with Gasteiger partial charge in [-0.3, -0.25) is 4.90 Å². The number of urea groups is 2. The molecular weight excluding hydrogens is 1030 g/mol. The molecule has 0 spiro atoms. The molecule has 2 heterocycles. The lowest BCUT2D eigenvalue weighted by Crippen LogP contribution is -2.49. The first-order valence-corrected chi connectivity index (χ1v) is 26.7. The van der Waals surface area contributed by atoms with Crippen molar-refractivity contribution in [2.45, 2.75) is 96.7 Å². The van der Waals surface area contributed by atoms with Crippen molar-refractivity contribution in [3.63, 3.8) is 0 Å². The number of alkyl halides is 3. The number of nitrogens with zero attached hydrogens (tertiary/aromatic N) is 10. The first-order chi connectivity index (χ1) is 36.4. The summed E-state index contributed by atoms with van der Waals surface area (Å²) in [7, 11) is -0.185. The van der Waals surface area contributed by atoms with Crippen LogP contribution in [0.15, 0.2) is 84.9 Å². The second-order valence-electron chi connectivity index (χ2n) is 18.6. The van der Waals surface area contributed by atoms with Gasteiger partial charge in [-0.15, -0.1) is 10.2 Å². The molecule has 2 aromatic heterocycles. The van der Waals surface area contributed by atoms with E-state index in [1.54, 1.807) is 63.5 Å². The number of nitrogens with one attached hydrogen (secondary N) is 4. The van der Waals surface area contributed by atoms with Gasteiger partial charge in [0.15, 0.2) is 11.6 Å². The maximum absolute atomic E-state index is 13.2. The third-order valence-corrected chi connectivity index (χ3v) is 13.6. The molecule has 6 aromatic rings. The van der Waals surface area contributed by atoms with Gasteiger partial charge >= 0.3 is 18.2 Å². The van der Waals surface area contributed by atoms with Crippen molar-refractivity contribution in [2.75, 3.05) is 49.6 Å². The van der Waals surface area contributed by atoms with E-state index in [0.29, 0.717) is 60.7 Å². The van der Waals surface area contributed by atoms with Gasteiger partial charge in [-0.1, -0.05) is 38.1 Å². The Balaban J connectivity index is 0.000000284. The van der Waals surface area contributed by atoms with E-state index in [4.69, 9.17) is 0 Å². The number of carbonyl (C=O) groups excluding carboxylic acids is 2. The Hall–Kier alpha value is -7.00. The average molecular weight is 1100 g/mol. The zero-order valence-corrected chi connectivity index (χ0v) is 44.8. The Labute approximate surface area is 444 Å². The summed E-state index contributed by atoms with van der Waals surface area (Å²) in [5.41, 5.74) is 6.05. The van der Waals surface area contributed by atoms with Crippen LogP contribution < -0.4 is 21.3 Å². The van der Waals surface area contributed by atoms with E-state index in [2.05, 4.69) is 52.3 Å². The molecule has 77 heavy (non-hydrogen) atoms. The van der Waals surface area contributed by atoms with Gasteiger partial charge in [-0.2, -0.15) is 17.5 Å². The predicted octanol–water partition coefficient (Wildman–Crippen LogP) is 6.29. The SMILES string of the molecule is CCc1cc(NC(=O)N[C@H](C)[C@@H](O)CN(CCCc2ccc(F)cc2)CC(F)(F)F)cc(-c2nnnn2C)c1.CCc1cc(NC(=O)N[C@H](C)[C@@H](O)CN(CCCc2ccc(F)cc2)S(C)(=O)=O)cc(-c2nnnn2C)c1. The predicted molar refractivity (Wildman–Crippen MR) is 281 cm³/mol. The monoisotopic (exact) mass is 1100 g/mol. The number of aliphatic hydroxyl groups excluding tert-OH is 2. The molecular formula is C51H67F5N14O6S. The lowest BCUT2D eigenvalue weighted by atomic mass is 10.1. The average Bonchev–Trinajstić information content (AvgIpc) is 4.02. The fraction of sp³-hybridized carbons (Fsp3) is 0.451. The lowest BCUT2D eigenvalue weighted by molar-refractivity contribution is -0.149. The molecule has 6 rings (SSSR count). The van der Waals surface area contributed by atoms with Gasteiger partial charge < -0.3 is 31.5 Å². The molecule has 4 atom stereocenters. The normalized spacial score (nSPS) is 13.4. The van der Waals surface area contributed by atoms with Gasteiger partial charge in [0, 0.05) is 56.2 Å². The molecule has 0 saturated heterocycles. The number of benzene rings is 4. The third-order valence-electron chi connectivity index (χ3n) is 12.3. The molecule has 0 bridgehead atoms. The minimum absolute atomic E-state index is 0.0658. The second kappa shape index (κ2) is 28.4. The highest BCUT2D eigenvalue weighted by Crippen LogP contribution is 2.25. The molecule has 418 valence electrons. The highest BCUT2D eigenvalue weighted by atomic mass is 32.2. The molecule has 0 fully saturated rings. The van der Waals surface area contributed by atoms with Crippen LogP contribution in [0.3, 0.4) is 0 Å². The number of carbonyl (C=O) groups is 2. The number of anilines is 2. The van der Waals surface area contributed by atoms with Gasteiger partial charge in [0.1, 0.15) is 11.6 Å². The molecule has 26 heteroatoms. The van der Waals surface area contributed by atoms with E-state index in [1.807, 2.05) is 32.0 Å². The van der Waals surface area contributed by atoms with Crippen molar-refractivity contribution < 1.29 is 50.2 Å². The summed E-state index contributed by atoms with van der Waals surface area (Å²) in [6, 6.07) is 20.0. The van der Waals surface area contributed by atoms with Gasteiger partial charge in [0.2, 0.25) is 10.0 Å². The zero-order valence-electron chi connectivity index (χ0n) is 44.0. The van der Waals surface area contributed by atoms with Crippen LogP contribution >= 0.6 is 0 Å². The maximum atomic E-state index is 13.2. The first kappa shape index (κ1) is 60.9. The van der Waals surface area contributed by atoms with Crippen molar-refractivity contribution in [3.05, 3.63) is 119 Å².